The van der Waals surface area contributed by atoms with Crippen molar-refractivity contribution in [1.29, 1.82) is 0 Å². The van der Waals surface area contributed by atoms with Crippen LogP contribution >= 0.6 is 0 Å². The zero-order chi connectivity index (χ0) is 24.6. The Morgan fingerprint density at radius 3 is 1.88 bits per heavy atom. The van der Waals surface area contributed by atoms with E-state index < -0.39 is 0 Å². The molecule has 0 saturated carbocycles. The first-order chi connectivity index (χ1) is 16.0. The van der Waals surface area contributed by atoms with Crippen molar-refractivity contribution in [3.63, 3.8) is 0 Å². The number of carbonyl (C=O) groups excluding carboxylic acids is 2. The van der Waals surface area contributed by atoms with Gasteiger partial charge in [-0.05, 0) is 32.6 Å². The molecule has 0 heterocycles. The zero-order valence-electron chi connectivity index (χ0n) is 21.6. The smallest absolute Gasteiger partial charge is 0.333 e. The fraction of sp³-hybridized carbons (Fsp3) is 0.852. The Balaban J connectivity index is 3.56. The second-order valence-electron chi connectivity index (χ2n) is 8.83. The van der Waals surface area contributed by atoms with Crippen molar-refractivity contribution in [1.82, 2.24) is 0 Å². The summed E-state index contributed by atoms with van der Waals surface area (Å²) in [7, 11) is 0. The Labute approximate surface area is 202 Å². The minimum Gasteiger partial charge on any atom is -0.460 e. The standard InChI is InChI=1S/C27H49NO5/c1-5-16-26(31-20-19-28-23-29)18-15-13-11-9-7-8-10-12-14-17-25(6-2)32-21-22-33-27(30)24(3)4/h25-26H,3,5-22H2,1-2,4H3. The van der Waals surface area contributed by atoms with Crippen molar-refractivity contribution in [3.8, 4) is 0 Å². The maximum Gasteiger partial charge on any atom is 0.333 e. The quantitative estimate of drug-likeness (QED) is 0.0518. The number of carbonyl (C=O) groups is 1. The first kappa shape index (κ1) is 31.5. The Morgan fingerprint density at radius 1 is 0.818 bits per heavy atom. The number of aliphatic imine (C=N–C) groups is 1. The average molecular weight is 468 g/mol. The van der Waals surface area contributed by atoms with Gasteiger partial charge >= 0.3 is 5.97 Å². The minimum absolute atomic E-state index is 0.256. The van der Waals surface area contributed by atoms with E-state index in [1.54, 1.807) is 13.0 Å². The summed E-state index contributed by atoms with van der Waals surface area (Å²) in [5.41, 5.74) is 0.423. The number of ether oxygens (including phenoxy) is 3. The van der Waals surface area contributed by atoms with E-state index >= 15 is 0 Å². The Hall–Kier alpha value is -1.49. The molecule has 0 aliphatic rings. The van der Waals surface area contributed by atoms with Crippen LogP contribution in [0.2, 0.25) is 0 Å². The van der Waals surface area contributed by atoms with Crippen LogP contribution in [0.3, 0.4) is 0 Å². The van der Waals surface area contributed by atoms with Crippen molar-refractivity contribution in [2.45, 2.75) is 123 Å². The second kappa shape index (κ2) is 23.7. The summed E-state index contributed by atoms with van der Waals surface area (Å²) in [6, 6.07) is 0. The molecule has 2 unspecified atom stereocenters. The largest absolute Gasteiger partial charge is 0.460 e. The third-order valence-corrected chi connectivity index (χ3v) is 5.76. The van der Waals surface area contributed by atoms with Gasteiger partial charge in [0, 0.05) is 5.57 Å². The molecule has 0 radical (unpaired) electrons. The topological polar surface area (TPSA) is 74.2 Å². The molecule has 192 valence electrons. The van der Waals surface area contributed by atoms with Crippen LogP contribution in [0, 0.1) is 0 Å². The first-order valence-corrected chi connectivity index (χ1v) is 13.1. The van der Waals surface area contributed by atoms with Crippen LogP contribution in [-0.4, -0.2) is 50.6 Å². The van der Waals surface area contributed by atoms with E-state index in [4.69, 9.17) is 14.2 Å². The van der Waals surface area contributed by atoms with Crippen molar-refractivity contribution >= 4 is 12.0 Å². The molecule has 0 saturated heterocycles. The van der Waals surface area contributed by atoms with Gasteiger partial charge in [0.05, 0.1) is 32.0 Å². The molecular weight excluding hydrogens is 418 g/mol. The van der Waals surface area contributed by atoms with Gasteiger partial charge in [-0.25, -0.2) is 14.6 Å². The van der Waals surface area contributed by atoms with E-state index in [1.165, 1.54) is 57.8 Å². The van der Waals surface area contributed by atoms with Gasteiger partial charge in [-0.1, -0.05) is 84.6 Å². The number of rotatable bonds is 24. The predicted molar refractivity (Wildman–Crippen MR) is 134 cm³/mol. The molecule has 6 heteroatoms. The van der Waals surface area contributed by atoms with Gasteiger partial charge < -0.3 is 14.2 Å². The van der Waals surface area contributed by atoms with Crippen molar-refractivity contribution in [3.05, 3.63) is 12.2 Å². The molecule has 0 aromatic heterocycles. The van der Waals surface area contributed by atoms with Crippen molar-refractivity contribution < 1.29 is 23.8 Å². The first-order valence-electron chi connectivity index (χ1n) is 13.1. The summed E-state index contributed by atoms with van der Waals surface area (Å²) in [4.78, 5) is 25.0. The van der Waals surface area contributed by atoms with E-state index in [1.807, 2.05) is 0 Å². The lowest BCUT2D eigenvalue weighted by molar-refractivity contribution is -0.141. The van der Waals surface area contributed by atoms with Gasteiger partial charge in [-0.3, -0.25) is 0 Å². The lowest BCUT2D eigenvalue weighted by Gasteiger charge is -2.16. The Kier molecular flexibility index (Phi) is 22.6. The summed E-state index contributed by atoms with van der Waals surface area (Å²) in [5.74, 6) is -0.348. The Bertz CT molecular complexity index is 531. The van der Waals surface area contributed by atoms with E-state index in [-0.39, 0.29) is 12.1 Å². The number of hydrogen-bond donors (Lipinski definition) is 0. The molecule has 0 aliphatic heterocycles. The number of esters is 1. The van der Waals surface area contributed by atoms with Crippen LogP contribution < -0.4 is 0 Å². The molecule has 0 aliphatic carbocycles. The fourth-order valence-electron chi connectivity index (χ4n) is 3.80. The van der Waals surface area contributed by atoms with E-state index in [0.717, 1.165) is 32.1 Å². The third kappa shape index (κ3) is 20.8. The van der Waals surface area contributed by atoms with E-state index in [0.29, 0.717) is 38.0 Å². The molecule has 2 atom stereocenters. The van der Waals surface area contributed by atoms with Crippen LogP contribution in [-0.2, 0) is 23.8 Å². The molecule has 0 bridgehead atoms. The monoisotopic (exact) mass is 467 g/mol. The van der Waals surface area contributed by atoms with Gasteiger partial charge in [-0.15, -0.1) is 0 Å². The van der Waals surface area contributed by atoms with Gasteiger partial charge in [0.1, 0.15) is 6.61 Å². The maximum absolute atomic E-state index is 11.3. The molecule has 6 nitrogen and oxygen atoms in total. The highest BCUT2D eigenvalue weighted by molar-refractivity contribution is 5.86. The maximum atomic E-state index is 11.3. The number of nitrogens with zero attached hydrogens (tertiary/aromatic N) is 1. The highest BCUT2D eigenvalue weighted by Gasteiger charge is 2.09. The average Bonchev–Trinajstić information content (AvgIpc) is 2.81. The van der Waals surface area contributed by atoms with E-state index in [9.17, 15) is 9.59 Å². The van der Waals surface area contributed by atoms with Crippen LogP contribution in [0.25, 0.3) is 0 Å². The zero-order valence-corrected chi connectivity index (χ0v) is 21.6. The molecular formula is C27H49NO5. The number of hydrogen-bond acceptors (Lipinski definition) is 6. The van der Waals surface area contributed by atoms with Crippen LogP contribution in [0.15, 0.2) is 17.1 Å². The highest BCUT2D eigenvalue weighted by Crippen LogP contribution is 2.16. The molecule has 0 aromatic carbocycles. The summed E-state index contributed by atoms with van der Waals surface area (Å²) in [6.45, 7) is 11.2. The molecule has 0 rings (SSSR count). The van der Waals surface area contributed by atoms with E-state index in [2.05, 4.69) is 25.4 Å². The normalized spacial score (nSPS) is 12.7. The Morgan fingerprint density at radius 2 is 1.36 bits per heavy atom. The number of isocyanates is 1. The van der Waals surface area contributed by atoms with Gasteiger partial charge in [0.25, 0.3) is 0 Å². The van der Waals surface area contributed by atoms with Crippen molar-refractivity contribution in [2.75, 3.05) is 26.4 Å². The van der Waals surface area contributed by atoms with Crippen LogP contribution in [0.1, 0.15) is 111 Å². The molecule has 33 heavy (non-hydrogen) atoms. The minimum atomic E-state index is -0.348. The summed E-state index contributed by atoms with van der Waals surface area (Å²) < 4.78 is 16.7. The third-order valence-electron chi connectivity index (χ3n) is 5.76. The fourth-order valence-corrected chi connectivity index (χ4v) is 3.80. The SMILES string of the molecule is C=C(C)C(=O)OCCOC(CC)CCCCCCCCCCCC(CCC)OCCN=C=O. The van der Waals surface area contributed by atoms with Gasteiger partial charge in [0.15, 0.2) is 0 Å². The van der Waals surface area contributed by atoms with Crippen LogP contribution in [0.5, 0.6) is 0 Å². The van der Waals surface area contributed by atoms with Gasteiger partial charge in [-0.2, -0.15) is 0 Å². The summed E-state index contributed by atoms with van der Waals surface area (Å²) in [6.07, 6.45) is 19.0. The van der Waals surface area contributed by atoms with Crippen LogP contribution in [0.4, 0.5) is 0 Å². The lowest BCUT2D eigenvalue weighted by atomic mass is 10.0. The molecule has 0 N–H and O–H groups in total. The second-order valence-corrected chi connectivity index (χ2v) is 8.83. The highest BCUT2D eigenvalue weighted by atomic mass is 16.6. The van der Waals surface area contributed by atoms with Gasteiger partial charge in [0.2, 0.25) is 6.08 Å². The summed E-state index contributed by atoms with van der Waals surface area (Å²) >= 11 is 0. The lowest BCUT2D eigenvalue weighted by Crippen LogP contribution is -2.17. The molecule has 0 aromatic rings. The van der Waals surface area contributed by atoms with Crippen molar-refractivity contribution in [2.24, 2.45) is 4.99 Å². The predicted octanol–water partition coefficient (Wildman–Crippen LogP) is 6.71. The molecule has 0 fully saturated rings. The summed E-state index contributed by atoms with van der Waals surface area (Å²) in [5, 5.41) is 0. The molecule has 0 spiro atoms. The molecule has 0 amide bonds. The number of unbranched alkanes of at least 4 members (excludes halogenated alkanes) is 8.